The molecule has 0 bridgehead atoms. The van der Waals surface area contributed by atoms with Crippen molar-refractivity contribution < 1.29 is 0 Å². The van der Waals surface area contributed by atoms with Gasteiger partial charge in [-0.15, -0.1) is 0 Å². The number of para-hydroxylation sites is 1. The van der Waals surface area contributed by atoms with Crippen LogP contribution in [0.2, 0.25) is 0 Å². The lowest BCUT2D eigenvalue weighted by Gasteiger charge is -2.14. The van der Waals surface area contributed by atoms with Crippen LogP contribution in [0.3, 0.4) is 0 Å². The van der Waals surface area contributed by atoms with Crippen LogP contribution in [0.15, 0.2) is 243 Å². The van der Waals surface area contributed by atoms with E-state index in [2.05, 4.69) is 252 Å². The monoisotopic (exact) mass is 788 g/mol. The van der Waals surface area contributed by atoms with Gasteiger partial charge in [0.05, 0.1) is 22.1 Å². The molecule has 0 saturated carbocycles. The van der Waals surface area contributed by atoms with Gasteiger partial charge in [-0.3, -0.25) is 0 Å². The van der Waals surface area contributed by atoms with Gasteiger partial charge < -0.3 is 9.13 Å². The first-order valence-corrected chi connectivity index (χ1v) is 21.3. The van der Waals surface area contributed by atoms with Gasteiger partial charge in [0.2, 0.25) is 0 Å². The van der Waals surface area contributed by atoms with Gasteiger partial charge in [-0.05, 0) is 128 Å². The number of hydrogen-bond donors (Lipinski definition) is 0. The van der Waals surface area contributed by atoms with Crippen LogP contribution in [-0.4, -0.2) is 9.13 Å². The molecule has 0 aliphatic heterocycles. The number of hydrogen-bond acceptors (Lipinski definition) is 0. The predicted molar refractivity (Wildman–Crippen MR) is 262 cm³/mol. The van der Waals surface area contributed by atoms with Crippen LogP contribution in [0.25, 0.3) is 111 Å². The molecule has 0 fully saturated rings. The average molecular weight is 789 g/mol. The molecular formula is C60H40N2. The Balaban J connectivity index is 1.06. The van der Waals surface area contributed by atoms with E-state index in [1.165, 1.54) is 99.2 Å². The first-order valence-electron chi connectivity index (χ1n) is 21.3. The molecule has 0 N–H and O–H groups in total. The van der Waals surface area contributed by atoms with Crippen LogP contribution in [0.5, 0.6) is 0 Å². The number of rotatable bonds is 7. The van der Waals surface area contributed by atoms with Crippen molar-refractivity contribution in [3.8, 4) is 67.0 Å². The summed E-state index contributed by atoms with van der Waals surface area (Å²) in [7, 11) is 0. The second-order valence-corrected chi connectivity index (χ2v) is 16.2. The Morgan fingerprint density at radius 2 is 0.516 bits per heavy atom. The molecule has 2 aromatic heterocycles. The van der Waals surface area contributed by atoms with E-state index >= 15 is 0 Å². The Kier molecular flexibility index (Phi) is 8.53. The van der Waals surface area contributed by atoms with Gasteiger partial charge >= 0.3 is 0 Å². The van der Waals surface area contributed by atoms with Crippen molar-refractivity contribution in [1.82, 2.24) is 9.13 Å². The van der Waals surface area contributed by atoms with E-state index in [1.807, 2.05) is 0 Å². The van der Waals surface area contributed by atoms with Crippen molar-refractivity contribution in [3.63, 3.8) is 0 Å². The third kappa shape index (κ3) is 6.12. The van der Waals surface area contributed by atoms with Gasteiger partial charge in [-0.2, -0.15) is 0 Å². The average Bonchev–Trinajstić information content (AvgIpc) is 3.87. The third-order valence-electron chi connectivity index (χ3n) is 12.5. The highest BCUT2D eigenvalue weighted by Crippen LogP contribution is 2.41. The second kappa shape index (κ2) is 14.8. The molecule has 0 radical (unpaired) electrons. The number of benzene rings is 10. The molecule has 10 aromatic carbocycles. The molecule has 0 saturated heterocycles. The van der Waals surface area contributed by atoms with Crippen LogP contribution >= 0.6 is 0 Å². The Hall–Kier alpha value is -8.20. The molecule has 12 rings (SSSR count). The highest BCUT2D eigenvalue weighted by atomic mass is 15.0. The Morgan fingerprint density at radius 3 is 1.02 bits per heavy atom. The minimum absolute atomic E-state index is 1.14. The zero-order chi connectivity index (χ0) is 41.0. The van der Waals surface area contributed by atoms with Gasteiger partial charge in [0.1, 0.15) is 0 Å². The van der Waals surface area contributed by atoms with E-state index in [0.29, 0.717) is 0 Å². The maximum absolute atomic E-state index is 2.46. The fourth-order valence-corrected chi connectivity index (χ4v) is 9.51. The standard InChI is InChI=1S/C60H40N2/c1-5-16-41(17-6-1)45-24-15-25-51(35-45)61-57-27-14-13-26-53(57)54-39-47(29-32-58(54)61)48-30-33-60-56(40-48)55-38-46(42-18-7-2-8-19-42)28-31-59(55)62(60)52-36-49(43-20-9-3-10-21-43)34-50(37-52)44-22-11-4-12-23-44/h1-40H. The Morgan fingerprint density at radius 1 is 0.177 bits per heavy atom. The molecule has 0 atom stereocenters. The fourth-order valence-electron chi connectivity index (χ4n) is 9.51. The largest absolute Gasteiger partial charge is 0.309 e. The number of nitrogens with zero attached hydrogens (tertiary/aromatic N) is 2. The molecular weight excluding hydrogens is 749 g/mol. The molecule has 0 aliphatic rings. The Labute approximate surface area is 360 Å². The van der Waals surface area contributed by atoms with E-state index in [-0.39, 0.29) is 0 Å². The van der Waals surface area contributed by atoms with E-state index in [4.69, 9.17) is 0 Å². The zero-order valence-electron chi connectivity index (χ0n) is 34.0. The quantitative estimate of drug-likeness (QED) is 0.152. The van der Waals surface area contributed by atoms with E-state index in [0.717, 1.165) is 11.4 Å². The van der Waals surface area contributed by atoms with Crippen LogP contribution in [0.1, 0.15) is 0 Å². The van der Waals surface area contributed by atoms with Crippen LogP contribution in [-0.2, 0) is 0 Å². The lowest BCUT2D eigenvalue weighted by Crippen LogP contribution is -1.96. The summed E-state index contributed by atoms with van der Waals surface area (Å²) in [4.78, 5) is 0. The fraction of sp³-hybridized carbons (Fsp3) is 0. The van der Waals surface area contributed by atoms with Gasteiger partial charge in [-0.1, -0.05) is 170 Å². The highest BCUT2D eigenvalue weighted by Gasteiger charge is 2.18. The van der Waals surface area contributed by atoms with Crippen molar-refractivity contribution in [2.45, 2.75) is 0 Å². The topological polar surface area (TPSA) is 9.86 Å². The molecule has 0 spiro atoms. The summed E-state index contributed by atoms with van der Waals surface area (Å²) in [5.74, 6) is 0. The van der Waals surface area contributed by atoms with Gasteiger partial charge in [0, 0.05) is 32.9 Å². The highest BCUT2D eigenvalue weighted by molar-refractivity contribution is 6.13. The minimum atomic E-state index is 1.14. The van der Waals surface area contributed by atoms with Gasteiger partial charge in [0.15, 0.2) is 0 Å². The lowest BCUT2D eigenvalue weighted by atomic mass is 9.98. The first kappa shape index (κ1) is 35.7. The summed E-state index contributed by atoms with van der Waals surface area (Å²) in [6.07, 6.45) is 0. The van der Waals surface area contributed by atoms with E-state index in [9.17, 15) is 0 Å². The number of fused-ring (bicyclic) bond motifs is 6. The molecule has 290 valence electrons. The lowest BCUT2D eigenvalue weighted by molar-refractivity contribution is 1.18. The molecule has 62 heavy (non-hydrogen) atoms. The molecule has 0 unspecified atom stereocenters. The number of aromatic nitrogens is 2. The third-order valence-corrected chi connectivity index (χ3v) is 12.5. The SMILES string of the molecule is c1ccc(-c2cccc(-n3c4ccccc4c4cc(-c5ccc6c(c5)c5cc(-c7ccccc7)ccc5n6-c5cc(-c6ccccc6)cc(-c6ccccc6)c5)ccc43)c2)cc1. The smallest absolute Gasteiger partial charge is 0.0541 e. The van der Waals surface area contributed by atoms with Crippen molar-refractivity contribution in [3.05, 3.63) is 243 Å². The summed E-state index contributed by atoms with van der Waals surface area (Å²) in [5.41, 5.74) is 19.0. The van der Waals surface area contributed by atoms with Crippen molar-refractivity contribution in [2.24, 2.45) is 0 Å². The first-order chi connectivity index (χ1) is 30.7. The summed E-state index contributed by atoms with van der Waals surface area (Å²) in [6.45, 7) is 0. The van der Waals surface area contributed by atoms with Gasteiger partial charge in [0.25, 0.3) is 0 Å². The van der Waals surface area contributed by atoms with Crippen molar-refractivity contribution in [2.75, 3.05) is 0 Å². The summed E-state index contributed by atoms with van der Waals surface area (Å²) < 4.78 is 4.87. The van der Waals surface area contributed by atoms with Crippen LogP contribution in [0, 0.1) is 0 Å². The Bertz CT molecular complexity index is 3540. The van der Waals surface area contributed by atoms with E-state index in [1.54, 1.807) is 0 Å². The predicted octanol–water partition coefficient (Wildman–Crippen LogP) is 16.2. The summed E-state index contributed by atoms with van der Waals surface area (Å²) >= 11 is 0. The molecule has 2 heterocycles. The van der Waals surface area contributed by atoms with E-state index < -0.39 is 0 Å². The second-order valence-electron chi connectivity index (χ2n) is 16.2. The molecule has 12 aromatic rings. The molecule has 0 aliphatic carbocycles. The maximum atomic E-state index is 2.46. The van der Waals surface area contributed by atoms with Crippen molar-refractivity contribution in [1.29, 1.82) is 0 Å². The van der Waals surface area contributed by atoms with Crippen LogP contribution < -0.4 is 0 Å². The molecule has 2 nitrogen and oxygen atoms in total. The summed E-state index contributed by atoms with van der Waals surface area (Å²) in [5, 5.41) is 4.93. The van der Waals surface area contributed by atoms with Gasteiger partial charge in [-0.25, -0.2) is 0 Å². The minimum Gasteiger partial charge on any atom is -0.309 e. The zero-order valence-corrected chi connectivity index (χ0v) is 34.0. The van der Waals surface area contributed by atoms with Crippen molar-refractivity contribution >= 4 is 43.6 Å². The molecule has 2 heteroatoms. The summed E-state index contributed by atoms with van der Waals surface area (Å²) in [6, 6.07) is 88.5. The maximum Gasteiger partial charge on any atom is 0.0541 e. The normalized spacial score (nSPS) is 11.5. The van der Waals surface area contributed by atoms with Crippen LogP contribution in [0.4, 0.5) is 0 Å². The molecule has 0 amide bonds.